The van der Waals surface area contributed by atoms with Crippen molar-refractivity contribution in [3.05, 3.63) is 24.2 Å². The Hall–Kier alpha value is -1.98. The second kappa shape index (κ2) is 6.65. The van der Waals surface area contributed by atoms with Gasteiger partial charge in [-0.1, -0.05) is 13.8 Å². The number of aliphatic carboxylic acids is 1. The van der Waals surface area contributed by atoms with Gasteiger partial charge in [-0.25, -0.2) is 4.79 Å². The molecule has 1 aliphatic rings. The van der Waals surface area contributed by atoms with E-state index in [-0.39, 0.29) is 24.5 Å². The van der Waals surface area contributed by atoms with Crippen LogP contribution in [0.5, 0.6) is 0 Å². The molecule has 1 aromatic rings. The zero-order chi connectivity index (χ0) is 15.4. The van der Waals surface area contributed by atoms with Crippen molar-refractivity contribution in [2.75, 3.05) is 6.54 Å². The van der Waals surface area contributed by atoms with Crippen LogP contribution in [0.3, 0.4) is 0 Å². The fraction of sp³-hybridized carbons (Fsp3) is 0.600. The summed E-state index contributed by atoms with van der Waals surface area (Å²) in [6.07, 6.45) is 3.55. The number of furan rings is 1. The maximum Gasteiger partial charge on any atom is 0.318 e. The lowest BCUT2D eigenvalue weighted by Gasteiger charge is -2.24. The molecule has 1 atom stereocenters. The largest absolute Gasteiger partial charge is 0.481 e. The molecule has 21 heavy (non-hydrogen) atoms. The molecule has 6 nitrogen and oxygen atoms in total. The van der Waals surface area contributed by atoms with Crippen LogP contribution in [0, 0.1) is 11.8 Å². The fourth-order valence-corrected chi connectivity index (χ4v) is 2.23. The van der Waals surface area contributed by atoms with E-state index in [0.29, 0.717) is 6.54 Å². The highest BCUT2D eigenvalue weighted by Crippen LogP contribution is 2.28. The van der Waals surface area contributed by atoms with E-state index < -0.39 is 11.9 Å². The highest BCUT2D eigenvalue weighted by molar-refractivity contribution is 5.76. The Morgan fingerprint density at radius 3 is 2.67 bits per heavy atom. The van der Waals surface area contributed by atoms with E-state index in [2.05, 4.69) is 5.32 Å². The molecule has 0 radical (unpaired) electrons. The maximum absolute atomic E-state index is 12.3. The van der Waals surface area contributed by atoms with Gasteiger partial charge in [-0.15, -0.1) is 0 Å². The first-order valence-electron chi connectivity index (χ1n) is 7.28. The molecule has 0 saturated heterocycles. The first-order valence-corrected chi connectivity index (χ1v) is 7.28. The Morgan fingerprint density at radius 1 is 1.48 bits per heavy atom. The molecule has 1 aromatic heterocycles. The summed E-state index contributed by atoms with van der Waals surface area (Å²) in [6, 6.07) is 3.63. The number of carbonyl (C=O) groups is 2. The average molecular weight is 294 g/mol. The lowest BCUT2D eigenvalue weighted by atomic mass is 9.96. The van der Waals surface area contributed by atoms with E-state index in [4.69, 9.17) is 9.52 Å². The van der Waals surface area contributed by atoms with Gasteiger partial charge in [0, 0.05) is 12.6 Å². The molecule has 116 valence electrons. The second-order valence-corrected chi connectivity index (χ2v) is 5.81. The van der Waals surface area contributed by atoms with Crippen molar-refractivity contribution in [1.82, 2.24) is 10.2 Å². The third kappa shape index (κ3) is 4.24. The Kier molecular flexibility index (Phi) is 4.88. The van der Waals surface area contributed by atoms with Gasteiger partial charge in [0.2, 0.25) is 0 Å². The topological polar surface area (TPSA) is 82.8 Å². The minimum absolute atomic E-state index is 0.0257. The van der Waals surface area contributed by atoms with Gasteiger partial charge in [0.15, 0.2) is 0 Å². The van der Waals surface area contributed by atoms with Crippen LogP contribution < -0.4 is 5.32 Å². The first kappa shape index (κ1) is 15.4. The number of urea groups is 1. The van der Waals surface area contributed by atoms with Crippen LogP contribution in [-0.4, -0.2) is 34.6 Å². The molecule has 0 aromatic carbocycles. The molecule has 2 rings (SSSR count). The third-order valence-corrected chi connectivity index (χ3v) is 3.75. The lowest BCUT2D eigenvalue weighted by molar-refractivity contribution is -0.142. The second-order valence-electron chi connectivity index (χ2n) is 5.81. The molecule has 1 fully saturated rings. The molecular formula is C15H22N2O4. The Labute approximate surface area is 124 Å². The predicted octanol–water partition coefficient (Wildman–Crippen LogP) is 2.31. The summed E-state index contributed by atoms with van der Waals surface area (Å²) in [4.78, 5) is 25.1. The number of carboxylic acids is 1. The molecule has 6 heteroatoms. The SMILES string of the molecule is CC(C)C(CNC(=O)N(Cc1ccco1)C1CC1)C(=O)O. The van der Waals surface area contributed by atoms with Crippen LogP contribution in [-0.2, 0) is 11.3 Å². The third-order valence-electron chi connectivity index (χ3n) is 3.75. The Morgan fingerprint density at radius 2 is 2.19 bits per heavy atom. The summed E-state index contributed by atoms with van der Waals surface area (Å²) in [5.74, 6) is -0.745. The summed E-state index contributed by atoms with van der Waals surface area (Å²) in [5, 5.41) is 11.9. The number of nitrogens with one attached hydrogen (secondary N) is 1. The summed E-state index contributed by atoms with van der Waals surface area (Å²) >= 11 is 0. The molecular weight excluding hydrogens is 272 g/mol. The van der Waals surface area contributed by atoms with Gasteiger partial charge in [0.25, 0.3) is 0 Å². The number of amides is 2. The van der Waals surface area contributed by atoms with Gasteiger partial charge in [-0.05, 0) is 30.9 Å². The van der Waals surface area contributed by atoms with Crippen molar-refractivity contribution in [3.8, 4) is 0 Å². The van der Waals surface area contributed by atoms with Gasteiger partial charge in [-0.2, -0.15) is 0 Å². The minimum Gasteiger partial charge on any atom is -0.481 e. The van der Waals surface area contributed by atoms with Crippen LogP contribution in [0.15, 0.2) is 22.8 Å². The molecule has 0 aliphatic heterocycles. The van der Waals surface area contributed by atoms with Crippen molar-refractivity contribution in [3.63, 3.8) is 0 Å². The van der Waals surface area contributed by atoms with Crippen LogP contribution >= 0.6 is 0 Å². The number of carbonyl (C=O) groups excluding carboxylic acids is 1. The Bertz CT molecular complexity index is 480. The van der Waals surface area contributed by atoms with E-state index in [1.54, 1.807) is 17.2 Å². The monoisotopic (exact) mass is 294 g/mol. The van der Waals surface area contributed by atoms with E-state index >= 15 is 0 Å². The molecule has 2 N–H and O–H groups in total. The van der Waals surface area contributed by atoms with Crippen molar-refractivity contribution in [1.29, 1.82) is 0 Å². The van der Waals surface area contributed by atoms with Crippen LogP contribution in [0.25, 0.3) is 0 Å². The van der Waals surface area contributed by atoms with Crippen LogP contribution in [0.4, 0.5) is 4.79 Å². The van der Waals surface area contributed by atoms with E-state index in [0.717, 1.165) is 18.6 Å². The fourth-order valence-electron chi connectivity index (χ4n) is 2.23. The number of hydrogen-bond acceptors (Lipinski definition) is 3. The number of hydrogen-bond donors (Lipinski definition) is 2. The maximum atomic E-state index is 12.3. The Balaban J connectivity index is 1.91. The van der Waals surface area contributed by atoms with Crippen LogP contribution in [0.1, 0.15) is 32.4 Å². The summed E-state index contributed by atoms with van der Waals surface area (Å²) in [6.45, 7) is 4.25. The molecule has 1 saturated carbocycles. The minimum atomic E-state index is -0.880. The van der Waals surface area contributed by atoms with E-state index in [9.17, 15) is 9.59 Å². The van der Waals surface area contributed by atoms with Gasteiger partial charge >= 0.3 is 12.0 Å². The zero-order valence-electron chi connectivity index (χ0n) is 12.4. The van der Waals surface area contributed by atoms with Crippen molar-refractivity contribution >= 4 is 12.0 Å². The lowest BCUT2D eigenvalue weighted by Crippen LogP contribution is -2.44. The number of carboxylic acid groups (broad SMARTS) is 1. The normalized spacial score (nSPS) is 15.8. The molecule has 1 aliphatic carbocycles. The zero-order valence-corrected chi connectivity index (χ0v) is 12.4. The van der Waals surface area contributed by atoms with E-state index in [1.165, 1.54) is 0 Å². The average Bonchev–Trinajstić information content (AvgIpc) is 3.12. The number of nitrogens with zero attached hydrogens (tertiary/aromatic N) is 1. The molecule has 0 bridgehead atoms. The molecule has 1 unspecified atom stereocenters. The van der Waals surface area contributed by atoms with Gasteiger partial charge in [0.05, 0.1) is 18.7 Å². The van der Waals surface area contributed by atoms with E-state index in [1.807, 2.05) is 19.9 Å². The number of rotatable bonds is 7. The summed E-state index contributed by atoms with van der Waals surface area (Å²) < 4.78 is 5.28. The smallest absolute Gasteiger partial charge is 0.318 e. The van der Waals surface area contributed by atoms with Gasteiger partial charge in [0.1, 0.15) is 5.76 Å². The highest BCUT2D eigenvalue weighted by Gasteiger charge is 2.33. The molecule has 1 heterocycles. The highest BCUT2D eigenvalue weighted by atomic mass is 16.4. The predicted molar refractivity (Wildman–Crippen MR) is 76.6 cm³/mol. The quantitative estimate of drug-likeness (QED) is 0.808. The summed E-state index contributed by atoms with van der Waals surface area (Å²) in [7, 11) is 0. The van der Waals surface area contributed by atoms with Crippen molar-refractivity contribution in [2.24, 2.45) is 11.8 Å². The van der Waals surface area contributed by atoms with Crippen molar-refractivity contribution in [2.45, 2.75) is 39.3 Å². The molecule has 0 spiro atoms. The van der Waals surface area contributed by atoms with Crippen LogP contribution in [0.2, 0.25) is 0 Å². The standard InChI is InChI=1S/C15H22N2O4/c1-10(2)13(14(18)19)8-16-15(20)17(11-5-6-11)9-12-4-3-7-21-12/h3-4,7,10-11,13H,5-6,8-9H2,1-2H3,(H,16,20)(H,18,19). The van der Waals surface area contributed by atoms with Gasteiger partial charge in [-0.3, -0.25) is 4.79 Å². The van der Waals surface area contributed by atoms with Gasteiger partial charge < -0.3 is 19.7 Å². The summed E-state index contributed by atoms with van der Waals surface area (Å²) in [5.41, 5.74) is 0. The van der Waals surface area contributed by atoms with Crippen molar-refractivity contribution < 1.29 is 19.1 Å². The first-order chi connectivity index (χ1) is 9.99. The molecule has 2 amide bonds.